The van der Waals surface area contributed by atoms with Gasteiger partial charge in [-0.1, -0.05) is 0 Å². The summed E-state index contributed by atoms with van der Waals surface area (Å²) in [6, 6.07) is 10.5. The van der Waals surface area contributed by atoms with Crippen LogP contribution in [0.2, 0.25) is 0 Å². The van der Waals surface area contributed by atoms with Crippen LogP contribution in [0, 0.1) is 0 Å². The summed E-state index contributed by atoms with van der Waals surface area (Å²) in [5.74, 6) is 0.650. The van der Waals surface area contributed by atoms with Gasteiger partial charge in [-0.2, -0.15) is 0 Å². The number of carbonyl (C=O) groups excluding carboxylic acids is 2. The highest BCUT2D eigenvalue weighted by Gasteiger charge is 2.21. The average molecular weight is 314 g/mol. The van der Waals surface area contributed by atoms with E-state index in [1.165, 1.54) is 0 Å². The summed E-state index contributed by atoms with van der Waals surface area (Å²) in [6.07, 6.45) is 1.49. The van der Waals surface area contributed by atoms with Crippen LogP contribution in [-0.2, 0) is 16.1 Å². The van der Waals surface area contributed by atoms with E-state index in [9.17, 15) is 9.59 Å². The summed E-state index contributed by atoms with van der Waals surface area (Å²) >= 11 is 0. The van der Waals surface area contributed by atoms with Crippen molar-refractivity contribution in [2.75, 3.05) is 23.9 Å². The van der Waals surface area contributed by atoms with E-state index in [0.29, 0.717) is 24.5 Å². The molecule has 0 unspecified atom stereocenters. The standard InChI is InChI=1S/C17H18N2O4/c1-22-11-14-8-9-15(23-14)17(21)18-12-4-6-13(7-5-12)19-10-2-3-16(19)20/h4-9H,2-3,10-11H2,1H3,(H,18,21). The molecule has 0 spiro atoms. The molecule has 1 aliphatic rings. The number of anilines is 2. The number of methoxy groups -OCH3 is 1. The number of hydrogen-bond donors (Lipinski definition) is 1. The number of ether oxygens (including phenoxy) is 1. The zero-order valence-electron chi connectivity index (χ0n) is 12.9. The number of furan rings is 1. The molecule has 1 aromatic carbocycles. The summed E-state index contributed by atoms with van der Waals surface area (Å²) in [4.78, 5) is 25.6. The Bertz CT molecular complexity index is 706. The van der Waals surface area contributed by atoms with Crippen molar-refractivity contribution in [3.05, 3.63) is 47.9 Å². The van der Waals surface area contributed by atoms with Gasteiger partial charge in [0.25, 0.3) is 5.91 Å². The molecule has 6 nitrogen and oxygen atoms in total. The molecule has 0 aliphatic carbocycles. The lowest BCUT2D eigenvalue weighted by Gasteiger charge is -2.15. The fraction of sp³-hybridized carbons (Fsp3) is 0.294. The van der Waals surface area contributed by atoms with Crippen molar-refractivity contribution in [2.45, 2.75) is 19.4 Å². The number of hydrogen-bond acceptors (Lipinski definition) is 4. The highest BCUT2D eigenvalue weighted by molar-refractivity contribution is 6.02. The van der Waals surface area contributed by atoms with Gasteiger partial charge >= 0.3 is 0 Å². The van der Waals surface area contributed by atoms with E-state index in [0.717, 1.165) is 18.7 Å². The Labute approximate surface area is 134 Å². The van der Waals surface area contributed by atoms with Crippen LogP contribution < -0.4 is 10.2 Å². The molecule has 2 heterocycles. The minimum atomic E-state index is -0.322. The summed E-state index contributed by atoms with van der Waals surface area (Å²) < 4.78 is 10.3. The SMILES string of the molecule is COCc1ccc(C(=O)Nc2ccc(N3CCCC3=O)cc2)o1. The van der Waals surface area contributed by atoms with Crippen molar-refractivity contribution < 1.29 is 18.7 Å². The predicted octanol–water partition coefficient (Wildman–Crippen LogP) is 2.81. The van der Waals surface area contributed by atoms with Crippen molar-refractivity contribution in [2.24, 2.45) is 0 Å². The molecule has 1 saturated heterocycles. The molecule has 1 N–H and O–H groups in total. The van der Waals surface area contributed by atoms with E-state index < -0.39 is 0 Å². The van der Waals surface area contributed by atoms with Crippen LogP contribution in [-0.4, -0.2) is 25.5 Å². The minimum absolute atomic E-state index is 0.142. The number of rotatable bonds is 5. The zero-order valence-corrected chi connectivity index (χ0v) is 12.9. The fourth-order valence-corrected chi connectivity index (χ4v) is 2.56. The number of benzene rings is 1. The lowest BCUT2D eigenvalue weighted by molar-refractivity contribution is -0.117. The van der Waals surface area contributed by atoms with Crippen molar-refractivity contribution in [3.63, 3.8) is 0 Å². The second-order valence-corrected chi connectivity index (χ2v) is 5.35. The van der Waals surface area contributed by atoms with Crippen molar-refractivity contribution in [1.82, 2.24) is 0 Å². The Morgan fingerprint density at radius 3 is 2.70 bits per heavy atom. The van der Waals surface area contributed by atoms with Gasteiger partial charge in [-0.3, -0.25) is 9.59 Å². The molecule has 120 valence electrons. The first-order valence-corrected chi connectivity index (χ1v) is 7.47. The Hall–Kier alpha value is -2.60. The largest absolute Gasteiger partial charge is 0.453 e. The highest BCUT2D eigenvalue weighted by atomic mass is 16.5. The third kappa shape index (κ3) is 3.43. The summed E-state index contributed by atoms with van der Waals surface area (Å²) in [5, 5.41) is 2.77. The molecule has 1 aromatic heterocycles. The van der Waals surface area contributed by atoms with Crippen LogP contribution in [0.5, 0.6) is 0 Å². The third-order valence-corrected chi connectivity index (χ3v) is 3.68. The predicted molar refractivity (Wildman–Crippen MR) is 85.4 cm³/mol. The second kappa shape index (κ2) is 6.66. The first-order valence-electron chi connectivity index (χ1n) is 7.47. The highest BCUT2D eigenvalue weighted by Crippen LogP contribution is 2.23. The topological polar surface area (TPSA) is 71.8 Å². The van der Waals surface area contributed by atoms with Crippen LogP contribution >= 0.6 is 0 Å². The molecule has 3 rings (SSSR count). The number of nitrogens with zero attached hydrogens (tertiary/aromatic N) is 1. The zero-order chi connectivity index (χ0) is 16.2. The molecule has 0 saturated carbocycles. The van der Waals surface area contributed by atoms with E-state index in [1.54, 1.807) is 36.3 Å². The van der Waals surface area contributed by atoms with Crippen LogP contribution in [0.4, 0.5) is 11.4 Å². The fourth-order valence-electron chi connectivity index (χ4n) is 2.56. The van der Waals surface area contributed by atoms with Gasteiger partial charge in [0.15, 0.2) is 5.76 Å². The Morgan fingerprint density at radius 2 is 2.04 bits per heavy atom. The van der Waals surface area contributed by atoms with Crippen LogP contribution in [0.25, 0.3) is 0 Å². The molecule has 0 radical (unpaired) electrons. The van der Waals surface area contributed by atoms with Gasteiger partial charge in [0.2, 0.25) is 5.91 Å². The quantitative estimate of drug-likeness (QED) is 0.921. The first kappa shape index (κ1) is 15.3. The number of carbonyl (C=O) groups is 2. The summed E-state index contributed by atoms with van der Waals surface area (Å²) in [5.41, 5.74) is 1.50. The number of nitrogens with one attached hydrogen (secondary N) is 1. The molecule has 1 aliphatic heterocycles. The van der Waals surface area contributed by atoms with Crippen LogP contribution in [0.1, 0.15) is 29.2 Å². The lowest BCUT2D eigenvalue weighted by atomic mass is 10.2. The Morgan fingerprint density at radius 1 is 1.26 bits per heavy atom. The van der Waals surface area contributed by atoms with Gasteiger partial charge in [0, 0.05) is 31.5 Å². The molecule has 0 bridgehead atoms. The van der Waals surface area contributed by atoms with Gasteiger partial charge in [-0.05, 0) is 42.8 Å². The molecule has 6 heteroatoms. The van der Waals surface area contributed by atoms with Gasteiger partial charge < -0.3 is 19.4 Å². The van der Waals surface area contributed by atoms with Crippen LogP contribution in [0.3, 0.4) is 0 Å². The molecule has 2 aromatic rings. The average Bonchev–Trinajstić information content (AvgIpc) is 3.18. The van der Waals surface area contributed by atoms with E-state index in [1.807, 2.05) is 12.1 Å². The van der Waals surface area contributed by atoms with Crippen molar-refractivity contribution in [3.8, 4) is 0 Å². The third-order valence-electron chi connectivity index (χ3n) is 3.68. The van der Waals surface area contributed by atoms with Gasteiger partial charge in [-0.25, -0.2) is 0 Å². The molecule has 23 heavy (non-hydrogen) atoms. The second-order valence-electron chi connectivity index (χ2n) is 5.35. The maximum atomic E-state index is 12.1. The molecular formula is C17H18N2O4. The van der Waals surface area contributed by atoms with Gasteiger partial charge in [0.1, 0.15) is 12.4 Å². The van der Waals surface area contributed by atoms with Gasteiger partial charge in [-0.15, -0.1) is 0 Å². The van der Waals surface area contributed by atoms with Crippen molar-refractivity contribution in [1.29, 1.82) is 0 Å². The van der Waals surface area contributed by atoms with E-state index in [-0.39, 0.29) is 17.6 Å². The minimum Gasteiger partial charge on any atom is -0.453 e. The van der Waals surface area contributed by atoms with E-state index in [4.69, 9.17) is 9.15 Å². The normalized spacial score (nSPS) is 14.3. The molecule has 2 amide bonds. The molecule has 0 atom stereocenters. The molecule has 1 fully saturated rings. The lowest BCUT2D eigenvalue weighted by Crippen LogP contribution is -2.23. The van der Waals surface area contributed by atoms with E-state index in [2.05, 4.69) is 5.32 Å². The maximum Gasteiger partial charge on any atom is 0.291 e. The summed E-state index contributed by atoms with van der Waals surface area (Å²) in [6.45, 7) is 1.07. The first-order chi connectivity index (χ1) is 11.2. The van der Waals surface area contributed by atoms with E-state index >= 15 is 0 Å². The molecular weight excluding hydrogens is 296 g/mol. The Kier molecular flexibility index (Phi) is 4.43. The monoisotopic (exact) mass is 314 g/mol. The van der Waals surface area contributed by atoms with Crippen LogP contribution in [0.15, 0.2) is 40.8 Å². The smallest absolute Gasteiger partial charge is 0.291 e. The Balaban J connectivity index is 1.65. The number of amides is 2. The van der Waals surface area contributed by atoms with Gasteiger partial charge in [0.05, 0.1) is 0 Å². The maximum absolute atomic E-state index is 12.1. The summed E-state index contributed by atoms with van der Waals surface area (Å²) in [7, 11) is 1.56. The van der Waals surface area contributed by atoms with Crippen molar-refractivity contribution >= 4 is 23.2 Å².